The lowest BCUT2D eigenvalue weighted by atomic mass is 10.1. The summed E-state index contributed by atoms with van der Waals surface area (Å²) in [6.07, 6.45) is 10.7. The fraction of sp³-hybridized carbons (Fsp3) is 0.522. The third kappa shape index (κ3) is 13.5. The van der Waals surface area contributed by atoms with E-state index >= 15 is 0 Å². The van der Waals surface area contributed by atoms with Crippen molar-refractivity contribution in [2.24, 2.45) is 0 Å². The van der Waals surface area contributed by atoms with Crippen LogP contribution in [0.4, 0.5) is 0 Å². The lowest BCUT2D eigenvalue weighted by molar-refractivity contribution is -0.0167. The van der Waals surface area contributed by atoms with E-state index in [4.69, 9.17) is 46.4 Å². The zero-order valence-corrected chi connectivity index (χ0v) is 17.7. The second-order valence-corrected chi connectivity index (χ2v) is 6.01. The number of aliphatic hydroxyl groups is 1. The van der Waals surface area contributed by atoms with Crippen molar-refractivity contribution in [3.63, 3.8) is 0 Å². The van der Waals surface area contributed by atoms with Crippen molar-refractivity contribution >= 4 is 5.97 Å². The van der Waals surface area contributed by atoms with Crippen molar-refractivity contribution in [2.75, 3.05) is 79.3 Å². The number of ether oxygens (including phenoxy) is 6. The fourth-order valence-electron chi connectivity index (χ4n) is 2.23. The van der Waals surface area contributed by atoms with E-state index in [1.165, 1.54) is 0 Å². The van der Waals surface area contributed by atoms with Crippen molar-refractivity contribution in [1.29, 1.82) is 0 Å². The van der Waals surface area contributed by atoms with Crippen LogP contribution in [0.2, 0.25) is 0 Å². The first kappa shape index (κ1) is 26.6. The van der Waals surface area contributed by atoms with Crippen LogP contribution in [0.1, 0.15) is 21.5 Å². The highest BCUT2D eigenvalue weighted by molar-refractivity contribution is 5.90. The Balaban J connectivity index is 1.93. The number of carbonyl (C=O) groups is 1. The molecule has 170 valence electrons. The molecule has 1 aromatic rings. The van der Waals surface area contributed by atoms with Crippen molar-refractivity contribution in [1.82, 2.24) is 0 Å². The lowest BCUT2D eigenvalue weighted by Gasteiger charge is -2.08. The van der Waals surface area contributed by atoms with Gasteiger partial charge in [0.05, 0.1) is 78.2 Å². The molecule has 31 heavy (non-hydrogen) atoms. The van der Waals surface area contributed by atoms with E-state index in [1.807, 2.05) is 0 Å². The second kappa shape index (κ2) is 18.3. The maximum atomic E-state index is 12.1. The van der Waals surface area contributed by atoms with Gasteiger partial charge in [-0.05, 0) is 18.2 Å². The van der Waals surface area contributed by atoms with Gasteiger partial charge < -0.3 is 33.5 Å². The van der Waals surface area contributed by atoms with Gasteiger partial charge in [0, 0.05) is 11.1 Å². The molecule has 0 spiro atoms. The zero-order valence-electron chi connectivity index (χ0n) is 17.7. The Labute approximate surface area is 183 Å². The molecule has 1 N–H and O–H groups in total. The van der Waals surface area contributed by atoms with Crippen LogP contribution in [-0.2, 0) is 28.4 Å². The molecule has 0 saturated heterocycles. The third-order valence-corrected chi connectivity index (χ3v) is 3.69. The summed E-state index contributed by atoms with van der Waals surface area (Å²) in [5.41, 5.74) is 1.36. The second-order valence-electron chi connectivity index (χ2n) is 6.01. The Morgan fingerprint density at radius 3 is 1.45 bits per heavy atom. The number of terminal acetylenes is 2. The van der Waals surface area contributed by atoms with Crippen LogP contribution in [0, 0.1) is 24.7 Å². The van der Waals surface area contributed by atoms with Crippen molar-refractivity contribution in [3.8, 4) is 24.7 Å². The van der Waals surface area contributed by atoms with Crippen LogP contribution in [-0.4, -0.2) is 90.4 Å². The smallest absolute Gasteiger partial charge is 0.338 e. The predicted molar refractivity (Wildman–Crippen MR) is 114 cm³/mol. The highest BCUT2D eigenvalue weighted by Gasteiger charge is 2.09. The van der Waals surface area contributed by atoms with E-state index in [9.17, 15) is 4.79 Å². The van der Waals surface area contributed by atoms with E-state index in [1.54, 1.807) is 18.2 Å². The van der Waals surface area contributed by atoms with Crippen LogP contribution in [0.15, 0.2) is 18.2 Å². The summed E-state index contributed by atoms with van der Waals surface area (Å²) in [6.45, 7) is 4.25. The lowest BCUT2D eigenvalue weighted by Crippen LogP contribution is -2.15. The summed E-state index contributed by atoms with van der Waals surface area (Å²) in [7, 11) is 0. The molecule has 0 aliphatic heterocycles. The van der Waals surface area contributed by atoms with Crippen molar-refractivity contribution in [2.45, 2.75) is 0 Å². The number of aliphatic hydroxyl groups excluding tert-OH is 1. The number of benzene rings is 1. The molecule has 0 atom stereocenters. The Bertz CT molecular complexity index is 672. The average molecular weight is 434 g/mol. The monoisotopic (exact) mass is 434 g/mol. The van der Waals surface area contributed by atoms with Crippen LogP contribution in [0.3, 0.4) is 0 Å². The van der Waals surface area contributed by atoms with Gasteiger partial charge in [0.1, 0.15) is 6.61 Å². The molecule has 0 saturated carbocycles. The summed E-state index contributed by atoms with van der Waals surface area (Å²) in [5, 5.41) is 8.54. The molecule has 1 aromatic carbocycles. The van der Waals surface area contributed by atoms with Gasteiger partial charge in [-0.15, -0.1) is 12.8 Å². The maximum Gasteiger partial charge on any atom is 0.338 e. The minimum Gasteiger partial charge on any atom is -0.460 e. The van der Waals surface area contributed by atoms with Crippen molar-refractivity contribution in [3.05, 3.63) is 34.9 Å². The third-order valence-electron chi connectivity index (χ3n) is 3.69. The molecule has 0 aromatic heterocycles. The van der Waals surface area contributed by atoms with Gasteiger partial charge in [-0.3, -0.25) is 0 Å². The quantitative estimate of drug-likeness (QED) is 0.207. The largest absolute Gasteiger partial charge is 0.460 e. The number of esters is 1. The number of hydrogen-bond acceptors (Lipinski definition) is 8. The Morgan fingerprint density at radius 2 is 1.06 bits per heavy atom. The van der Waals surface area contributed by atoms with E-state index in [0.717, 1.165) is 0 Å². The van der Waals surface area contributed by atoms with Crippen LogP contribution >= 0.6 is 0 Å². The summed E-state index contributed by atoms with van der Waals surface area (Å²) >= 11 is 0. The summed E-state index contributed by atoms with van der Waals surface area (Å²) < 4.78 is 31.6. The average Bonchev–Trinajstić information content (AvgIpc) is 2.80. The van der Waals surface area contributed by atoms with Crippen LogP contribution < -0.4 is 0 Å². The molecular weight excluding hydrogens is 404 g/mol. The zero-order chi connectivity index (χ0) is 22.6. The summed E-state index contributed by atoms with van der Waals surface area (Å²) in [6, 6.07) is 4.76. The maximum absolute atomic E-state index is 12.1. The number of hydrogen-bond donors (Lipinski definition) is 1. The highest BCUT2D eigenvalue weighted by atomic mass is 16.6. The van der Waals surface area contributed by atoms with Gasteiger partial charge >= 0.3 is 5.97 Å². The summed E-state index contributed by atoms with van der Waals surface area (Å²) in [4.78, 5) is 12.1. The molecular formula is C23H30O8. The normalized spacial score (nSPS) is 10.4. The first-order valence-corrected chi connectivity index (χ1v) is 9.96. The molecule has 0 aliphatic rings. The number of carbonyl (C=O) groups excluding carboxylic acids is 1. The molecule has 0 bridgehead atoms. The molecule has 0 heterocycles. The Morgan fingerprint density at radius 1 is 0.677 bits per heavy atom. The van der Waals surface area contributed by atoms with Gasteiger partial charge in [0.25, 0.3) is 0 Å². The molecule has 0 radical (unpaired) electrons. The molecule has 8 heteroatoms. The molecule has 0 fully saturated rings. The molecule has 0 aliphatic carbocycles. The molecule has 1 rings (SSSR count). The van der Waals surface area contributed by atoms with Gasteiger partial charge in [0.2, 0.25) is 0 Å². The minimum atomic E-state index is -0.507. The predicted octanol–water partition coefficient (Wildman–Crippen LogP) is 0.881. The van der Waals surface area contributed by atoms with Gasteiger partial charge in [-0.2, -0.15) is 0 Å². The summed E-state index contributed by atoms with van der Waals surface area (Å²) in [5.74, 6) is 4.40. The van der Waals surface area contributed by atoms with Crippen LogP contribution in [0.5, 0.6) is 0 Å². The van der Waals surface area contributed by atoms with E-state index in [-0.39, 0.29) is 19.8 Å². The molecule has 8 nitrogen and oxygen atoms in total. The topological polar surface area (TPSA) is 92.7 Å². The number of rotatable bonds is 18. The Hall–Kier alpha value is -2.43. The van der Waals surface area contributed by atoms with Gasteiger partial charge in [0.15, 0.2) is 0 Å². The Kier molecular flexibility index (Phi) is 15.7. The minimum absolute atomic E-state index is 0.0126. The van der Waals surface area contributed by atoms with E-state index in [2.05, 4.69) is 11.8 Å². The van der Waals surface area contributed by atoms with E-state index < -0.39 is 5.97 Å². The fourth-order valence-corrected chi connectivity index (χ4v) is 2.23. The van der Waals surface area contributed by atoms with E-state index in [0.29, 0.717) is 76.2 Å². The van der Waals surface area contributed by atoms with Gasteiger partial charge in [-0.1, -0.05) is 11.8 Å². The molecule has 0 unspecified atom stereocenters. The first-order chi connectivity index (χ1) is 15.2. The van der Waals surface area contributed by atoms with Gasteiger partial charge in [-0.25, -0.2) is 4.79 Å². The SMILES string of the molecule is C#Cc1cc(C#C)cc(C(=O)OCCOCCOCCOCCOCCOCCO)c1. The first-order valence-electron chi connectivity index (χ1n) is 9.96. The van der Waals surface area contributed by atoms with Crippen molar-refractivity contribution < 1.29 is 38.3 Å². The van der Waals surface area contributed by atoms with Crippen LogP contribution in [0.25, 0.3) is 0 Å². The molecule has 0 amide bonds. The highest BCUT2D eigenvalue weighted by Crippen LogP contribution is 2.10. The standard InChI is InChI=1S/C23H30O8/c1-3-20-17-21(4-2)19-22(18-20)23(25)31-16-15-30-14-13-29-12-11-28-10-9-27-8-7-26-6-5-24/h1-2,17-19,24H,5-16H2.